The fourth-order valence-corrected chi connectivity index (χ4v) is 5.83. The van der Waals surface area contributed by atoms with Crippen LogP contribution in [0, 0.1) is 11.8 Å². The minimum Gasteiger partial charge on any atom is -0.502 e. The molecule has 0 saturated carbocycles. The molecule has 1 aliphatic heterocycles. The zero-order valence-electron chi connectivity index (χ0n) is 23.3. The molecule has 1 aliphatic carbocycles. The molecule has 1 fully saturated rings. The lowest BCUT2D eigenvalue weighted by atomic mass is 9.66. The lowest BCUT2D eigenvalue weighted by Crippen LogP contribution is -2.59. The van der Waals surface area contributed by atoms with Crippen LogP contribution in [0.1, 0.15) is 22.6 Å². The quantitative estimate of drug-likeness (QED) is 0.196. The van der Waals surface area contributed by atoms with E-state index in [1.165, 1.54) is 28.4 Å². The van der Waals surface area contributed by atoms with Crippen molar-refractivity contribution in [2.75, 3.05) is 48.3 Å². The molecular weight excluding hydrogens is 544 g/mol. The van der Waals surface area contributed by atoms with Crippen LogP contribution in [-0.4, -0.2) is 115 Å². The van der Waals surface area contributed by atoms with Crippen LogP contribution in [0.25, 0.3) is 0 Å². The number of aromatic hydroxyl groups is 2. The maximum atomic E-state index is 11.0. The van der Waals surface area contributed by atoms with E-state index in [1.54, 1.807) is 18.2 Å². The van der Waals surface area contributed by atoms with E-state index in [0.717, 1.165) is 5.56 Å². The first kappa shape index (κ1) is 30.9. The standard InChI is InChI=1S/C28H38O13/c1-36-16-7-13(8-17(37-2)22(16)31)20-15(11-40-28-26(35)25(34)23(32)19(10-30)41-28)14(9-29)5-12-6-18(38-3)24(33)27(39-4)21(12)20/h6-8,14-15,19-20,23,25-26,28-35H,5,9-11H2,1-4H3/t14-,15-,19-,20+,23-,25+,26-,28-/m1/s1. The number of ether oxygens (including phenoxy) is 6. The molecule has 8 atom stereocenters. The number of aliphatic hydroxyl groups excluding tert-OH is 5. The van der Waals surface area contributed by atoms with Gasteiger partial charge in [-0.25, -0.2) is 0 Å². The second kappa shape index (κ2) is 12.9. The average molecular weight is 583 g/mol. The summed E-state index contributed by atoms with van der Waals surface area (Å²) in [5.41, 5.74) is 1.88. The van der Waals surface area contributed by atoms with Crippen molar-refractivity contribution in [2.24, 2.45) is 11.8 Å². The summed E-state index contributed by atoms with van der Waals surface area (Å²) in [4.78, 5) is 0. The fraction of sp³-hybridized carbons (Fsp3) is 0.571. The minimum atomic E-state index is -1.63. The van der Waals surface area contributed by atoms with Gasteiger partial charge in [0.15, 0.2) is 29.3 Å². The summed E-state index contributed by atoms with van der Waals surface area (Å²) in [7, 11) is 5.60. The lowest BCUT2D eigenvalue weighted by Gasteiger charge is -2.43. The van der Waals surface area contributed by atoms with Gasteiger partial charge in [0.1, 0.15) is 24.4 Å². The van der Waals surface area contributed by atoms with Crippen LogP contribution in [0.4, 0.5) is 0 Å². The summed E-state index contributed by atoms with van der Waals surface area (Å²) < 4.78 is 33.3. The molecule has 13 nitrogen and oxygen atoms in total. The van der Waals surface area contributed by atoms with Gasteiger partial charge in [0.25, 0.3) is 0 Å². The Kier molecular flexibility index (Phi) is 9.70. The molecule has 0 spiro atoms. The Morgan fingerprint density at radius 2 is 1.39 bits per heavy atom. The van der Waals surface area contributed by atoms with Crippen molar-refractivity contribution >= 4 is 0 Å². The normalized spacial score (nSPS) is 29.5. The average Bonchev–Trinajstić information content (AvgIpc) is 2.98. The van der Waals surface area contributed by atoms with E-state index in [-0.39, 0.29) is 47.7 Å². The third-order valence-corrected chi connectivity index (χ3v) is 7.99. The monoisotopic (exact) mass is 582 g/mol. The highest BCUT2D eigenvalue weighted by atomic mass is 16.7. The molecule has 0 radical (unpaired) electrons. The van der Waals surface area contributed by atoms with Gasteiger partial charge in [0.05, 0.1) is 41.7 Å². The van der Waals surface area contributed by atoms with Crippen molar-refractivity contribution in [3.8, 4) is 34.5 Å². The summed E-state index contributed by atoms with van der Waals surface area (Å²) in [5, 5.41) is 72.6. The van der Waals surface area contributed by atoms with Gasteiger partial charge >= 0.3 is 0 Å². The number of aliphatic hydroxyl groups is 5. The summed E-state index contributed by atoms with van der Waals surface area (Å²) in [6, 6.07) is 4.88. The van der Waals surface area contributed by atoms with E-state index in [2.05, 4.69) is 0 Å². The number of fused-ring (bicyclic) bond motifs is 1. The maximum absolute atomic E-state index is 11.0. The largest absolute Gasteiger partial charge is 0.502 e. The van der Waals surface area contributed by atoms with Crippen LogP contribution < -0.4 is 18.9 Å². The van der Waals surface area contributed by atoms with Gasteiger partial charge in [-0.1, -0.05) is 0 Å². The van der Waals surface area contributed by atoms with E-state index < -0.39 is 55.1 Å². The third kappa shape index (κ3) is 5.58. The van der Waals surface area contributed by atoms with Crippen LogP contribution in [-0.2, 0) is 15.9 Å². The van der Waals surface area contributed by atoms with Crippen molar-refractivity contribution in [3.05, 3.63) is 34.9 Å². The van der Waals surface area contributed by atoms with Gasteiger partial charge in [-0.05, 0) is 47.6 Å². The first-order chi connectivity index (χ1) is 19.6. The van der Waals surface area contributed by atoms with E-state index in [4.69, 9.17) is 28.4 Å². The van der Waals surface area contributed by atoms with Crippen LogP contribution in [0.3, 0.4) is 0 Å². The number of phenolic OH excluding ortho intramolecular Hbond substituents is 2. The Morgan fingerprint density at radius 1 is 0.780 bits per heavy atom. The smallest absolute Gasteiger partial charge is 0.201 e. The number of rotatable bonds is 10. The van der Waals surface area contributed by atoms with Crippen molar-refractivity contribution in [1.82, 2.24) is 0 Å². The molecule has 1 saturated heterocycles. The molecular formula is C28H38O13. The Balaban J connectivity index is 1.85. The van der Waals surface area contributed by atoms with E-state index in [0.29, 0.717) is 17.5 Å². The fourth-order valence-electron chi connectivity index (χ4n) is 5.83. The molecule has 7 N–H and O–H groups in total. The van der Waals surface area contributed by atoms with E-state index in [9.17, 15) is 35.7 Å². The van der Waals surface area contributed by atoms with Crippen molar-refractivity contribution in [3.63, 3.8) is 0 Å². The van der Waals surface area contributed by atoms with Crippen molar-refractivity contribution < 1.29 is 64.2 Å². The van der Waals surface area contributed by atoms with Gasteiger partial charge in [0, 0.05) is 18.1 Å². The topological polar surface area (TPSA) is 197 Å². The first-order valence-electron chi connectivity index (χ1n) is 13.1. The molecule has 0 aromatic heterocycles. The summed E-state index contributed by atoms with van der Waals surface area (Å²) in [6.07, 6.45) is -7.02. The highest BCUT2D eigenvalue weighted by Crippen LogP contribution is 2.54. The number of methoxy groups -OCH3 is 4. The molecule has 2 aromatic rings. The summed E-state index contributed by atoms with van der Waals surface area (Å²) >= 11 is 0. The summed E-state index contributed by atoms with van der Waals surface area (Å²) in [5.74, 6) is -1.51. The predicted molar refractivity (Wildman–Crippen MR) is 142 cm³/mol. The molecule has 2 aromatic carbocycles. The number of phenols is 2. The lowest BCUT2D eigenvalue weighted by molar-refractivity contribution is -0.304. The van der Waals surface area contributed by atoms with E-state index in [1.807, 2.05) is 0 Å². The predicted octanol–water partition coefficient (Wildman–Crippen LogP) is -0.139. The SMILES string of the molecule is COc1cc([C@@H]2c3c(cc(OC)c(O)c3OC)C[C@H](CO)[C@H]2CO[C@@H]2O[C@H](CO)[C@@H](O)[C@H](O)[C@H]2O)cc(OC)c1O. The molecule has 13 heteroatoms. The Hall–Kier alpha value is -3.04. The Morgan fingerprint density at radius 3 is 1.93 bits per heavy atom. The second-order valence-corrected chi connectivity index (χ2v) is 10.1. The minimum absolute atomic E-state index is 0.123. The van der Waals surface area contributed by atoms with Crippen LogP contribution >= 0.6 is 0 Å². The molecule has 2 aliphatic rings. The number of hydrogen-bond donors (Lipinski definition) is 7. The molecule has 0 bridgehead atoms. The van der Waals surface area contributed by atoms with E-state index >= 15 is 0 Å². The van der Waals surface area contributed by atoms with Crippen LogP contribution in [0.2, 0.25) is 0 Å². The van der Waals surface area contributed by atoms with Crippen LogP contribution in [0.15, 0.2) is 18.2 Å². The van der Waals surface area contributed by atoms with Crippen LogP contribution in [0.5, 0.6) is 34.5 Å². The van der Waals surface area contributed by atoms with Gasteiger partial charge < -0.3 is 64.2 Å². The molecule has 0 amide bonds. The zero-order chi connectivity index (χ0) is 30.0. The highest BCUT2D eigenvalue weighted by molar-refractivity contribution is 5.64. The molecule has 228 valence electrons. The third-order valence-electron chi connectivity index (χ3n) is 7.99. The van der Waals surface area contributed by atoms with Gasteiger partial charge in [-0.15, -0.1) is 0 Å². The Bertz CT molecular complexity index is 1180. The maximum Gasteiger partial charge on any atom is 0.201 e. The highest BCUT2D eigenvalue weighted by Gasteiger charge is 2.46. The number of hydrogen-bond acceptors (Lipinski definition) is 13. The molecule has 0 unspecified atom stereocenters. The first-order valence-corrected chi connectivity index (χ1v) is 13.1. The zero-order valence-corrected chi connectivity index (χ0v) is 23.3. The second-order valence-electron chi connectivity index (χ2n) is 10.1. The Labute approximate surface area is 237 Å². The van der Waals surface area contributed by atoms with Crippen molar-refractivity contribution in [2.45, 2.75) is 43.0 Å². The van der Waals surface area contributed by atoms with Gasteiger partial charge in [-0.3, -0.25) is 0 Å². The molecule has 1 heterocycles. The number of benzene rings is 2. The molecule has 41 heavy (non-hydrogen) atoms. The van der Waals surface area contributed by atoms with Gasteiger partial charge in [0.2, 0.25) is 11.5 Å². The van der Waals surface area contributed by atoms with Crippen molar-refractivity contribution in [1.29, 1.82) is 0 Å². The summed E-state index contributed by atoms with van der Waals surface area (Å²) in [6.45, 7) is -1.02. The van der Waals surface area contributed by atoms with Gasteiger partial charge in [-0.2, -0.15) is 0 Å². The molecule has 4 rings (SSSR count).